The molecule has 0 saturated carbocycles. The Hall–Kier alpha value is -1.96. The molecule has 0 aliphatic carbocycles. The molecule has 124 valence electrons. The van der Waals surface area contributed by atoms with Crippen molar-refractivity contribution < 1.29 is 4.74 Å². The van der Waals surface area contributed by atoms with Crippen LogP contribution in [0.5, 0.6) is 5.75 Å². The molecule has 3 N–H and O–H groups in total. The fraction of sp³-hybridized carbons (Fsp3) is 0.235. The summed E-state index contributed by atoms with van der Waals surface area (Å²) in [5.41, 5.74) is 9.06. The minimum Gasteiger partial charge on any atom is -0.497 e. The van der Waals surface area contributed by atoms with Crippen LogP contribution >= 0.6 is 24.0 Å². The second-order valence-electron chi connectivity index (χ2n) is 5.12. The number of hydrogen-bond donors (Lipinski definition) is 2. The Balaban J connectivity index is 0.00000264. The molecule has 0 unspecified atom stereocenters. The second-order valence-corrected chi connectivity index (χ2v) is 5.12. The third-order valence-corrected chi connectivity index (χ3v) is 3.25. The van der Waals surface area contributed by atoms with Crippen LogP contribution < -0.4 is 20.7 Å². The van der Waals surface area contributed by atoms with Gasteiger partial charge in [-0.05, 0) is 42.0 Å². The number of benzene rings is 2. The predicted molar refractivity (Wildman–Crippen MR) is 108 cm³/mol. The molecule has 0 saturated heterocycles. The normalized spacial score (nSPS) is 10.7. The third-order valence-electron chi connectivity index (χ3n) is 3.25. The van der Waals surface area contributed by atoms with Gasteiger partial charge < -0.3 is 20.7 Å². The first-order valence-corrected chi connectivity index (χ1v) is 7.06. The molecule has 23 heavy (non-hydrogen) atoms. The van der Waals surface area contributed by atoms with E-state index in [0.29, 0.717) is 12.5 Å². The number of guanidine groups is 1. The van der Waals surface area contributed by atoms with Crippen molar-refractivity contribution in [1.82, 2.24) is 0 Å². The van der Waals surface area contributed by atoms with E-state index in [1.165, 1.54) is 0 Å². The Morgan fingerprint density at radius 2 is 1.70 bits per heavy atom. The standard InChI is InChI=1S/C17H22N4O.HI/c1-21(2)15-8-4-13(5-9-15)12-19-17(18)20-14-6-10-16(22-3)11-7-14;/h4-11H,12H2,1-3H3,(H3,18,19,20);1H. The number of ether oxygens (including phenoxy) is 1. The molecule has 2 aromatic rings. The lowest BCUT2D eigenvalue weighted by Gasteiger charge is -2.12. The third kappa shape index (κ3) is 5.97. The number of nitrogens with zero attached hydrogens (tertiary/aromatic N) is 2. The van der Waals surface area contributed by atoms with E-state index in [9.17, 15) is 0 Å². The summed E-state index contributed by atoms with van der Waals surface area (Å²) in [4.78, 5) is 6.41. The van der Waals surface area contributed by atoms with E-state index in [0.717, 1.165) is 22.7 Å². The molecule has 0 amide bonds. The Bertz CT molecular complexity index is 624. The SMILES string of the molecule is COc1ccc(NC(N)=NCc2ccc(N(C)C)cc2)cc1.I. The lowest BCUT2D eigenvalue weighted by Crippen LogP contribution is -2.22. The van der Waals surface area contributed by atoms with Gasteiger partial charge in [-0.15, -0.1) is 24.0 Å². The summed E-state index contributed by atoms with van der Waals surface area (Å²) in [6.07, 6.45) is 0. The highest BCUT2D eigenvalue weighted by molar-refractivity contribution is 14.0. The zero-order valence-corrected chi connectivity index (χ0v) is 15.9. The summed E-state index contributed by atoms with van der Waals surface area (Å²) in [5.74, 6) is 1.20. The molecule has 6 heteroatoms. The molecule has 0 radical (unpaired) electrons. The average Bonchev–Trinajstić information content (AvgIpc) is 2.54. The maximum absolute atomic E-state index is 5.90. The van der Waals surface area contributed by atoms with Gasteiger partial charge >= 0.3 is 0 Å². The van der Waals surface area contributed by atoms with Crippen LogP contribution in [0.3, 0.4) is 0 Å². The summed E-state index contributed by atoms with van der Waals surface area (Å²) < 4.78 is 5.11. The number of hydrogen-bond acceptors (Lipinski definition) is 3. The van der Waals surface area contributed by atoms with Gasteiger partial charge in [-0.25, -0.2) is 4.99 Å². The van der Waals surface area contributed by atoms with Gasteiger partial charge in [-0.3, -0.25) is 0 Å². The molecule has 0 aliphatic heterocycles. The lowest BCUT2D eigenvalue weighted by molar-refractivity contribution is 0.415. The van der Waals surface area contributed by atoms with Crippen molar-refractivity contribution in [3.8, 4) is 5.75 Å². The predicted octanol–water partition coefficient (Wildman–Crippen LogP) is 3.31. The number of aliphatic imine (C=N–C) groups is 1. The monoisotopic (exact) mass is 426 g/mol. The van der Waals surface area contributed by atoms with E-state index >= 15 is 0 Å². The van der Waals surface area contributed by atoms with Gasteiger partial charge in [0.05, 0.1) is 13.7 Å². The van der Waals surface area contributed by atoms with Crippen molar-refractivity contribution in [2.24, 2.45) is 10.7 Å². The van der Waals surface area contributed by atoms with Gasteiger partial charge in [0.2, 0.25) is 0 Å². The molecule has 0 spiro atoms. The first-order valence-electron chi connectivity index (χ1n) is 7.06. The van der Waals surface area contributed by atoms with Crippen LogP contribution in [0.1, 0.15) is 5.56 Å². The summed E-state index contributed by atoms with van der Waals surface area (Å²) >= 11 is 0. The smallest absolute Gasteiger partial charge is 0.193 e. The molecule has 0 fully saturated rings. The van der Waals surface area contributed by atoms with Crippen LogP contribution in [0.2, 0.25) is 0 Å². The quantitative estimate of drug-likeness (QED) is 0.438. The number of nitrogens with two attached hydrogens (primary N) is 1. The second kappa shape index (κ2) is 9.24. The fourth-order valence-electron chi connectivity index (χ4n) is 1.94. The van der Waals surface area contributed by atoms with Crippen molar-refractivity contribution in [1.29, 1.82) is 0 Å². The maximum Gasteiger partial charge on any atom is 0.193 e. The maximum atomic E-state index is 5.90. The lowest BCUT2D eigenvalue weighted by atomic mass is 10.2. The van der Waals surface area contributed by atoms with Gasteiger partial charge in [-0.2, -0.15) is 0 Å². The van der Waals surface area contributed by atoms with Crippen LogP contribution in [-0.4, -0.2) is 27.2 Å². The average molecular weight is 426 g/mol. The first-order chi connectivity index (χ1) is 10.6. The molecule has 5 nitrogen and oxygen atoms in total. The molecular formula is C17H23IN4O. The van der Waals surface area contributed by atoms with Gasteiger partial charge in [0.25, 0.3) is 0 Å². The largest absolute Gasteiger partial charge is 0.497 e. The highest BCUT2D eigenvalue weighted by Gasteiger charge is 1.98. The molecular weight excluding hydrogens is 403 g/mol. The summed E-state index contributed by atoms with van der Waals surface area (Å²) in [7, 11) is 5.67. The Kier molecular flexibility index (Phi) is 7.67. The highest BCUT2D eigenvalue weighted by Crippen LogP contribution is 2.15. The summed E-state index contributed by atoms with van der Waals surface area (Å²) in [6.45, 7) is 0.544. The zero-order chi connectivity index (χ0) is 15.9. The molecule has 0 atom stereocenters. The van der Waals surface area contributed by atoms with E-state index in [1.807, 2.05) is 38.4 Å². The molecule has 2 aromatic carbocycles. The van der Waals surface area contributed by atoms with Crippen LogP contribution in [0.15, 0.2) is 53.5 Å². The fourth-order valence-corrected chi connectivity index (χ4v) is 1.94. The zero-order valence-electron chi connectivity index (χ0n) is 13.6. The number of nitrogens with one attached hydrogen (secondary N) is 1. The van der Waals surface area contributed by atoms with E-state index in [2.05, 4.69) is 39.5 Å². The van der Waals surface area contributed by atoms with Gasteiger partial charge in [0, 0.05) is 25.5 Å². The number of rotatable bonds is 5. The van der Waals surface area contributed by atoms with Gasteiger partial charge in [-0.1, -0.05) is 12.1 Å². The van der Waals surface area contributed by atoms with Crippen molar-refractivity contribution in [2.45, 2.75) is 6.54 Å². The van der Waals surface area contributed by atoms with Crippen LogP contribution in [-0.2, 0) is 6.54 Å². The number of methoxy groups -OCH3 is 1. The highest BCUT2D eigenvalue weighted by atomic mass is 127. The Morgan fingerprint density at radius 1 is 1.09 bits per heavy atom. The van der Waals surface area contributed by atoms with Crippen LogP contribution in [0, 0.1) is 0 Å². The van der Waals surface area contributed by atoms with Crippen molar-refractivity contribution in [2.75, 3.05) is 31.4 Å². The molecule has 2 rings (SSSR count). The van der Waals surface area contributed by atoms with Crippen LogP contribution in [0.25, 0.3) is 0 Å². The Morgan fingerprint density at radius 3 is 2.22 bits per heavy atom. The minimum atomic E-state index is 0. The summed E-state index contributed by atoms with van der Waals surface area (Å²) in [5, 5.41) is 3.06. The minimum absolute atomic E-state index is 0. The van der Waals surface area contributed by atoms with Crippen molar-refractivity contribution >= 4 is 41.3 Å². The van der Waals surface area contributed by atoms with Crippen molar-refractivity contribution in [3.05, 3.63) is 54.1 Å². The molecule has 0 bridgehead atoms. The molecule has 0 aliphatic rings. The number of anilines is 2. The Labute approximate surface area is 154 Å². The van der Waals surface area contributed by atoms with E-state index < -0.39 is 0 Å². The van der Waals surface area contributed by atoms with Crippen molar-refractivity contribution in [3.63, 3.8) is 0 Å². The van der Waals surface area contributed by atoms with Crippen LogP contribution in [0.4, 0.5) is 11.4 Å². The first kappa shape index (κ1) is 19.1. The van der Waals surface area contributed by atoms with E-state index in [1.54, 1.807) is 7.11 Å². The number of halogens is 1. The van der Waals surface area contributed by atoms with Gasteiger partial charge in [0.1, 0.15) is 5.75 Å². The summed E-state index contributed by atoms with van der Waals surface area (Å²) in [6, 6.07) is 15.8. The molecule has 0 heterocycles. The van der Waals surface area contributed by atoms with Gasteiger partial charge in [0.15, 0.2) is 5.96 Å². The topological polar surface area (TPSA) is 62.9 Å². The van der Waals surface area contributed by atoms with E-state index in [4.69, 9.17) is 10.5 Å². The molecule has 0 aromatic heterocycles. The van der Waals surface area contributed by atoms with E-state index in [-0.39, 0.29) is 24.0 Å².